The van der Waals surface area contributed by atoms with Crippen LogP contribution in [0.4, 0.5) is 4.39 Å². The minimum absolute atomic E-state index is 0.0447. The van der Waals surface area contributed by atoms with E-state index in [9.17, 15) is 9.18 Å². The summed E-state index contributed by atoms with van der Waals surface area (Å²) in [7, 11) is 1.31. The SMILES string of the molecule is CC(CCC(=O)N(C)O)c1ccc(-c2ccccc2)c(F)c1. The molecule has 3 nitrogen and oxygen atoms in total. The standard InChI is InChI=1S/C18H20FNO2/c1-13(8-11-18(21)20(2)22)15-9-10-16(17(19)12-15)14-6-4-3-5-7-14/h3-7,9-10,12-13,22H,8,11H2,1-2H3. The molecule has 0 spiro atoms. The van der Waals surface area contributed by atoms with E-state index in [1.165, 1.54) is 13.1 Å². The first-order valence-corrected chi connectivity index (χ1v) is 7.29. The molecule has 0 aliphatic carbocycles. The number of rotatable bonds is 5. The number of hydrogen-bond donors (Lipinski definition) is 1. The topological polar surface area (TPSA) is 40.5 Å². The van der Waals surface area contributed by atoms with Gasteiger partial charge < -0.3 is 0 Å². The maximum Gasteiger partial charge on any atom is 0.245 e. The van der Waals surface area contributed by atoms with Crippen molar-refractivity contribution < 1.29 is 14.4 Å². The summed E-state index contributed by atoms with van der Waals surface area (Å²) < 4.78 is 14.3. The zero-order valence-corrected chi connectivity index (χ0v) is 12.8. The molecule has 1 amide bonds. The van der Waals surface area contributed by atoms with Crippen LogP contribution in [-0.4, -0.2) is 23.2 Å². The zero-order valence-electron chi connectivity index (χ0n) is 12.8. The highest BCUT2D eigenvalue weighted by molar-refractivity contribution is 5.74. The Morgan fingerprint density at radius 3 is 2.50 bits per heavy atom. The second-order valence-corrected chi connectivity index (χ2v) is 5.46. The Kier molecular flexibility index (Phi) is 5.28. The average Bonchev–Trinajstić information content (AvgIpc) is 2.52. The molecule has 0 saturated carbocycles. The Hall–Kier alpha value is -2.20. The molecular weight excluding hydrogens is 281 g/mol. The Labute approximate surface area is 130 Å². The van der Waals surface area contributed by atoms with Crippen LogP contribution in [-0.2, 0) is 4.79 Å². The third-order valence-electron chi connectivity index (χ3n) is 3.80. The number of amides is 1. The van der Waals surface area contributed by atoms with Gasteiger partial charge in [0, 0.05) is 19.0 Å². The van der Waals surface area contributed by atoms with Gasteiger partial charge in [0.15, 0.2) is 0 Å². The van der Waals surface area contributed by atoms with Crippen molar-refractivity contribution in [1.29, 1.82) is 0 Å². The molecule has 2 rings (SSSR count). The van der Waals surface area contributed by atoms with E-state index in [0.29, 0.717) is 17.0 Å². The second kappa shape index (κ2) is 7.18. The summed E-state index contributed by atoms with van der Waals surface area (Å²) in [4.78, 5) is 11.4. The van der Waals surface area contributed by atoms with Gasteiger partial charge >= 0.3 is 0 Å². The molecule has 0 fully saturated rings. The van der Waals surface area contributed by atoms with Crippen molar-refractivity contribution in [2.75, 3.05) is 7.05 Å². The lowest BCUT2D eigenvalue weighted by Gasteiger charge is -2.14. The monoisotopic (exact) mass is 301 g/mol. The van der Waals surface area contributed by atoms with Gasteiger partial charge in [-0.25, -0.2) is 9.45 Å². The highest BCUT2D eigenvalue weighted by atomic mass is 19.1. The molecule has 1 atom stereocenters. The van der Waals surface area contributed by atoms with Gasteiger partial charge in [0.1, 0.15) is 5.82 Å². The van der Waals surface area contributed by atoms with Crippen molar-refractivity contribution in [2.24, 2.45) is 0 Å². The van der Waals surface area contributed by atoms with Gasteiger partial charge in [-0.3, -0.25) is 10.0 Å². The van der Waals surface area contributed by atoms with Crippen LogP contribution >= 0.6 is 0 Å². The number of carbonyl (C=O) groups is 1. The molecule has 0 aliphatic rings. The predicted octanol–water partition coefficient (Wildman–Crippen LogP) is 4.22. The van der Waals surface area contributed by atoms with E-state index in [-0.39, 0.29) is 24.1 Å². The highest BCUT2D eigenvalue weighted by Crippen LogP contribution is 2.28. The van der Waals surface area contributed by atoms with Crippen LogP contribution < -0.4 is 0 Å². The van der Waals surface area contributed by atoms with E-state index in [4.69, 9.17) is 5.21 Å². The largest absolute Gasteiger partial charge is 0.286 e. The lowest BCUT2D eigenvalue weighted by Crippen LogP contribution is -2.22. The van der Waals surface area contributed by atoms with E-state index in [0.717, 1.165) is 11.1 Å². The summed E-state index contributed by atoms with van der Waals surface area (Å²) in [6, 6.07) is 14.6. The van der Waals surface area contributed by atoms with Crippen molar-refractivity contribution in [3.63, 3.8) is 0 Å². The van der Waals surface area contributed by atoms with Crippen LogP contribution in [0.1, 0.15) is 31.2 Å². The zero-order chi connectivity index (χ0) is 16.1. The summed E-state index contributed by atoms with van der Waals surface area (Å²) in [5, 5.41) is 9.62. The summed E-state index contributed by atoms with van der Waals surface area (Å²) in [5.41, 5.74) is 2.27. The third-order valence-corrected chi connectivity index (χ3v) is 3.80. The van der Waals surface area contributed by atoms with E-state index < -0.39 is 0 Å². The van der Waals surface area contributed by atoms with Crippen LogP contribution in [0.3, 0.4) is 0 Å². The quantitative estimate of drug-likeness (QED) is 0.663. The Morgan fingerprint density at radius 1 is 1.23 bits per heavy atom. The molecule has 2 aromatic rings. The van der Waals surface area contributed by atoms with E-state index in [2.05, 4.69) is 0 Å². The van der Waals surface area contributed by atoms with E-state index >= 15 is 0 Å². The van der Waals surface area contributed by atoms with Gasteiger partial charge in [-0.05, 0) is 29.5 Å². The summed E-state index contributed by atoms with van der Waals surface area (Å²) >= 11 is 0. The molecule has 4 heteroatoms. The number of hydroxylamine groups is 2. The first-order chi connectivity index (χ1) is 10.5. The number of halogens is 1. The summed E-state index contributed by atoms with van der Waals surface area (Å²) in [5.74, 6) is -0.558. The molecule has 0 radical (unpaired) electrons. The van der Waals surface area contributed by atoms with Gasteiger partial charge in [-0.15, -0.1) is 0 Å². The molecule has 0 bridgehead atoms. The highest BCUT2D eigenvalue weighted by Gasteiger charge is 2.13. The molecule has 2 aromatic carbocycles. The fraction of sp³-hybridized carbons (Fsp3) is 0.278. The summed E-state index contributed by atoms with van der Waals surface area (Å²) in [6.45, 7) is 1.95. The van der Waals surface area contributed by atoms with Crippen molar-refractivity contribution in [3.05, 3.63) is 59.9 Å². The van der Waals surface area contributed by atoms with E-state index in [1.807, 2.05) is 43.3 Å². The lowest BCUT2D eigenvalue weighted by molar-refractivity contribution is -0.159. The molecule has 0 aliphatic heterocycles. The van der Waals surface area contributed by atoms with Crippen LogP contribution in [0.15, 0.2) is 48.5 Å². The lowest BCUT2D eigenvalue weighted by atomic mass is 9.93. The van der Waals surface area contributed by atoms with Gasteiger partial charge in [0.05, 0.1) is 0 Å². The molecular formula is C18H20FNO2. The van der Waals surface area contributed by atoms with Crippen LogP contribution in [0.2, 0.25) is 0 Å². The third kappa shape index (κ3) is 3.92. The molecule has 0 heterocycles. The first kappa shape index (κ1) is 16.2. The minimum Gasteiger partial charge on any atom is -0.286 e. The van der Waals surface area contributed by atoms with Gasteiger partial charge in [-0.1, -0.05) is 49.4 Å². The fourth-order valence-corrected chi connectivity index (χ4v) is 2.36. The van der Waals surface area contributed by atoms with E-state index in [1.54, 1.807) is 6.07 Å². The molecule has 0 aromatic heterocycles. The molecule has 1 unspecified atom stereocenters. The van der Waals surface area contributed by atoms with Gasteiger partial charge in [-0.2, -0.15) is 0 Å². The van der Waals surface area contributed by atoms with Crippen molar-refractivity contribution in [3.8, 4) is 11.1 Å². The van der Waals surface area contributed by atoms with Crippen LogP contribution in [0, 0.1) is 5.82 Å². The summed E-state index contributed by atoms with van der Waals surface area (Å²) in [6.07, 6.45) is 0.796. The predicted molar refractivity (Wildman–Crippen MR) is 84.0 cm³/mol. The fourth-order valence-electron chi connectivity index (χ4n) is 2.36. The normalized spacial score (nSPS) is 12.0. The minimum atomic E-state index is -0.340. The molecule has 22 heavy (non-hydrogen) atoms. The molecule has 116 valence electrons. The van der Waals surface area contributed by atoms with Crippen LogP contribution in [0.5, 0.6) is 0 Å². The number of hydrogen-bond acceptors (Lipinski definition) is 2. The Balaban J connectivity index is 2.10. The average molecular weight is 301 g/mol. The van der Waals surface area contributed by atoms with Crippen molar-refractivity contribution in [1.82, 2.24) is 5.06 Å². The molecule has 1 N–H and O–H groups in total. The molecule has 0 saturated heterocycles. The Morgan fingerprint density at radius 2 is 1.91 bits per heavy atom. The second-order valence-electron chi connectivity index (χ2n) is 5.46. The van der Waals surface area contributed by atoms with Gasteiger partial charge in [0.25, 0.3) is 0 Å². The van der Waals surface area contributed by atoms with Crippen molar-refractivity contribution >= 4 is 5.91 Å². The number of carbonyl (C=O) groups excluding carboxylic acids is 1. The van der Waals surface area contributed by atoms with Crippen LogP contribution in [0.25, 0.3) is 11.1 Å². The number of nitrogens with zero attached hydrogens (tertiary/aromatic N) is 1. The maximum absolute atomic E-state index is 14.3. The first-order valence-electron chi connectivity index (χ1n) is 7.29. The maximum atomic E-state index is 14.3. The smallest absolute Gasteiger partial charge is 0.245 e. The van der Waals surface area contributed by atoms with Gasteiger partial charge in [0.2, 0.25) is 5.91 Å². The van der Waals surface area contributed by atoms with Crippen molar-refractivity contribution in [2.45, 2.75) is 25.7 Å². The number of benzene rings is 2. The Bertz CT molecular complexity index is 641.